The van der Waals surface area contributed by atoms with Crippen LogP contribution >= 0.6 is 11.6 Å². The smallest absolute Gasteiger partial charge is 0.311 e. The van der Waals surface area contributed by atoms with Gasteiger partial charge in [-0.15, -0.1) is 0 Å². The Kier molecular flexibility index (Phi) is 7.81. The molecule has 7 nitrogen and oxygen atoms in total. The summed E-state index contributed by atoms with van der Waals surface area (Å²) in [5, 5.41) is 30.3. The SMILES string of the molecule is CCCN(Cc1ccc(OCCn2c(O)ccc2O)c(C)c1)C(c1ccc(Cl)cc1)C1(C(=O)O)CC1. The van der Waals surface area contributed by atoms with Crippen molar-refractivity contribution in [2.45, 2.75) is 52.2 Å². The van der Waals surface area contributed by atoms with Crippen molar-refractivity contribution in [3.05, 3.63) is 76.3 Å². The zero-order chi connectivity index (χ0) is 25.9. The van der Waals surface area contributed by atoms with E-state index in [1.165, 1.54) is 16.7 Å². The molecule has 1 aliphatic rings. The first-order valence-corrected chi connectivity index (χ1v) is 12.7. The van der Waals surface area contributed by atoms with Gasteiger partial charge in [-0.1, -0.05) is 42.8 Å². The lowest BCUT2D eigenvalue weighted by Crippen LogP contribution is -2.38. The van der Waals surface area contributed by atoms with Crippen LogP contribution in [0.3, 0.4) is 0 Å². The van der Waals surface area contributed by atoms with Gasteiger partial charge in [0.1, 0.15) is 12.4 Å². The Morgan fingerprint density at radius 1 is 1.11 bits per heavy atom. The zero-order valence-corrected chi connectivity index (χ0v) is 21.4. The number of aromatic nitrogens is 1. The second-order valence-electron chi connectivity index (χ2n) is 9.54. The minimum absolute atomic E-state index is 0.00998. The lowest BCUT2D eigenvalue weighted by molar-refractivity contribution is -0.146. The first-order valence-electron chi connectivity index (χ1n) is 12.3. The van der Waals surface area contributed by atoms with Gasteiger partial charge < -0.3 is 20.1 Å². The molecule has 1 fully saturated rings. The van der Waals surface area contributed by atoms with Gasteiger partial charge in [-0.2, -0.15) is 0 Å². The highest BCUT2D eigenvalue weighted by Gasteiger charge is 2.58. The van der Waals surface area contributed by atoms with Crippen molar-refractivity contribution >= 4 is 17.6 Å². The van der Waals surface area contributed by atoms with E-state index in [0.29, 0.717) is 31.0 Å². The first-order chi connectivity index (χ1) is 17.2. The van der Waals surface area contributed by atoms with Crippen LogP contribution < -0.4 is 4.74 Å². The van der Waals surface area contributed by atoms with Crippen LogP contribution in [0.15, 0.2) is 54.6 Å². The Bertz CT molecular complexity index is 1180. The molecule has 0 bridgehead atoms. The lowest BCUT2D eigenvalue weighted by atomic mass is 9.88. The normalized spacial score (nSPS) is 15.1. The molecule has 3 aromatic rings. The molecule has 1 unspecified atom stereocenters. The molecular weight excluding hydrogens is 480 g/mol. The highest BCUT2D eigenvalue weighted by atomic mass is 35.5. The topological polar surface area (TPSA) is 95.2 Å². The number of aryl methyl sites for hydroxylation is 1. The molecule has 0 amide bonds. The van der Waals surface area contributed by atoms with Crippen molar-refractivity contribution in [1.82, 2.24) is 9.47 Å². The van der Waals surface area contributed by atoms with Gasteiger partial charge in [-0.25, -0.2) is 0 Å². The molecule has 8 heteroatoms. The number of hydrogen-bond acceptors (Lipinski definition) is 5. The molecule has 0 spiro atoms. The summed E-state index contributed by atoms with van der Waals surface area (Å²) in [6, 6.07) is 16.2. The maximum atomic E-state index is 12.4. The number of aliphatic carboxylic acids is 1. The average molecular weight is 513 g/mol. The summed E-state index contributed by atoms with van der Waals surface area (Å²) >= 11 is 6.12. The van der Waals surface area contributed by atoms with E-state index in [4.69, 9.17) is 16.3 Å². The van der Waals surface area contributed by atoms with Gasteiger partial charge in [0.2, 0.25) is 0 Å². The van der Waals surface area contributed by atoms with E-state index in [-0.39, 0.29) is 24.4 Å². The van der Waals surface area contributed by atoms with E-state index in [1.807, 2.05) is 43.3 Å². The molecular formula is C28H33ClN2O5. The predicted octanol–water partition coefficient (Wildman–Crippen LogP) is 5.76. The molecule has 2 aromatic carbocycles. The van der Waals surface area contributed by atoms with E-state index in [2.05, 4.69) is 17.9 Å². The minimum atomic E-state index is -0.781. The second-order valence-corrected chi connectivity index (χ2v) is 9.97. The highest BCUT2D eigenvalue weighted by Crippen LogP contribution is 2.58. The van der Waals surface area contributed by atoms with Crippen molar-refractivity contribution in [2.24, 2.45) is 5.41 Å². The van der Waals surface area contributed by atoms with E-state index in [9.17, 15) is 20.1 Å². The van der Waals surface area contributed by atoms with E-state index in [1.54, 1.807) is 0 Å². The van der Waals surface area contributed by atoms with Crippen LogP contribution in [0.4, 0.5) is 0 Å². The van der Waals surface area contributed by atoms with Crippen molar-refractivity contribution < 1.29 is 24.9 Å². The van der Waals surface area contributed by atoms with Crippen LogP contribution in [-0.2, 0) is 17.9 Å². The quantitative estimate of drug-likeness (QED) is 0.285. The van der Waals surface area contributed by atoms with Crippen LogP contribution in [0.1, 0.15) is 48.9 Å². The molecule has 192 valence electrons. The summed E-state index contributed by atoms with van der Waals surface area (Å²) in [6.45, 7) is 6.07. The van der Waals surface area contributed by atoms with Crippen LogP contribution in [0.5, 0.6) is 17.5 Å². The monoisotopic (exact) mass is 512 g/mol. The van der Waals surface area contributed by atoms with Gasteiger partial charge in [0.15, 0.2) is 11.8 Å². The zero-order valence-electron chi connectivity index (χ0n) is 20.7. The number of rotatable bonds is 12. The lowest BCUT2D eigenvalue weighted by Gasteiger charge is -2.36. The van der Waals surface area contributed by atoms with Gasteiger partial charge in [-0.3, -0.25) is 14.3 Å². The molecule has 1 saturated carbocycles. The molecule has 0 saturated heterocycles. The Morgan fingerprint density at radius 2 is 1.78 bits per heavy atom. The molecule has 4 rings (SSSR count). The van der Waals surface area contributed by atoms with Gasteiger partial charge in [0.05, 0.1) is 18.0 Å². The number of hydrogen-bond donors (Lipinski definition) is 3. The fraction of sp³-hybridized carbons (Fsp3) is 0.393. The molecule has 1 atom stereocenters. The molecule has 3 N–H and O–H groups in total. The molecule has 1 aliphatic carbocycles. The Labute approximate surface area is 216 Å². The molecule has 36 heavy (non-hydrogen) atoms. The van der Waals surface area contributed by atoms with E-state index in [0.717, 1.165) is 35.4 Å². The predicted molar refractivity (Wildman–Crippen MR) is 139 cm³/mol. The fourth-order valence-electron chi connectivity index (χ4n) is 4.98. The Morgan fingerprint density at radius 3 is 2.33 bits per heavy atom. The number of aromatic hydroxyl groups is 2. The van der Waals surface area contributed by atoms with Gasteiger partial charge in [-0.05, 0) is 67.6 Å². The van der Waals surface area contributed by atoms with Gasteiger partial charge >= 0.3 is 5.97 Å². The summed E-state index contributed by atoms with van der Waals surface area (Å²) < 4.78 is 7.28. The summed E-state index contributed by atoms with van der Waals surface area (Å²) in [5.41, 5.74) is 2.24. The van der Waals surface area contributed by atoms with Gasteiger partial charge in [0, 0.05) is 23.7 Å². The Balaban J connectivity index is 1.51. The molecule has 1 aromatic heterocycles. The number of nitrogens with zero attached hydrogens (tertiary/aromatic N) is 2. The van der Waals surface area contributed by atoms with E-state index >= 15 is 0 Å². The van der Waals surface area contributed by atoms with Crippen LogP contribution in [0.25, 0.3) is 0 Å². The van der Waals surface area contributed by atoms with E-state index < -0.39 is 11.4 Å². The number of halogens is 1. The van der Waals surface area contributed by atoms with Crippen LogP contribution in [0.2, 0.25) is 5.02 Å². The molecule has 0 aliphatic heterocycles. The molecule has 1 heterocycles. The summed E-state index contributed by atoms with van der Waals surface area (Å²) in [4.78, 5) is 14.6. The maximum Gasteiger partial charge on any atom is 0.311 e. The van der Waals surface area contributed by atoms with Crippen molar-refractivity contribution in [2.75, 3.05) is 13.2 Å². The Hall–Kier alpha value is -3.16. The van der Waals surface area contributed by atoms with Gasteiger partial charge in [0.25, 0.3) is 0 Å². The van der Waals surface area contributed by atoms with Crippen molar-refractivity contribution in [3.63, 3.8) is 0 Å². The summed E-state index contributed by atoms with van der Waals surface area (Å²) in [5.74, 6) is -0.0398. The summed E-state index contributed by atoms with van der Waals surface area (Å²) in [6.07, 6.45) is 2.22. The van der Waals surface area contributed by atoms with Crippen LogP contribution in [0, 0.1) is 12.3 Å². The average Bonchev–Trinajstić information content (AvgIpc) is 3.58. The third-order valence-corrected chi connectivity index (χ3v) is 7.18. The van der Waals surface area contributed by atoms with Crippen molar-refractivity contribution in [3.8, 4) is 17.5 Å². The largest absolute Gasteiger partial charge is 0.494 e. The number of ether oxygens (including phenoxy) is 1. The minimum Gasteiger partial charge on any atom is -0.494 e. The van der Waals surface area contributed by atoms with Crippen LogP contribution in [-0.4, -0.2) is 43.9 Å². The number of carboxylic acids is 1. The number of benzene rings is 2. The highest BCUT2D eigenvalue weighted by molar-refractivity contribution is 6.30. The third kappa shape index (κ3) is 5.47. The first kappa shape index (κ1) is 25.9. The standard InChI is InChI=1S/C28H33ClN2O5/c1-3-14-30(26(28(12-13-28)27(34)35)21-5-7-22(29)8-6-21)18-20-4-9-23(19(2)17-20)36-16-15-31-24(32)10-11-25(31)33/h4-11,17,26,32-33H,3,12-16,18H2,1-2H3,(H,34,35). The molecule has 0 radical (unpaired) electrons. The maximum absolute atomic E-state index is 12.4. The number of carboxylic acid groups (broad SMARTS) is 1. The third-order valence-electron chi connectivity index (χ3n) is 6.93. The summed E-state index contributed by atoms with van der Waals surface area (Å²) in [7, 11) is 0. The fourth-order valence-corrected chi connectivity index (χ4v) is 5.10. The second kappa shape index (κ2) is 10.8. The number of carbonyl (C=O) groups is 1. The van der Waals surface area contributed by atoms with Crippen molar-refractivity contribution in [1.29, 1.82) is 0 Å².